The SMILES string of the molecule is COc1cc(S(=O)(=O)NCc2nc(C)c(C)s2)ccc1F. The molecule has 1 N–H and O–H groups in total. The molecule has 8 heteroatoms. The largest absolute Gasteiger partial charge is 0.494 e. The van der Waals surface area contributed by atoms with Crippen LogP contribution in [0.5, 0.6) is 5.75 Å². The molecule has 1 aromatic heterocycles. The van der Waals surface area contributed by atoms with E-state index in [1.807, 2.05) is 13.8 Å². The van der Waals surface area contributed by atoms with Gasteiger partial charge in [0.05, 0.1) is 24.2 Å². The number of aryl methyl sites for hydroxylation is 2. The summed E-state index contributed by atoms with van der Waals surface area (Å²) < 4.78 is 44.9. The van der Waals surface area contributed by atoms with E-state index < -0.39 is 15.8 Å². The van der Waals surface area contributed by atoms with Crippen LogP contribution in [0, 0.1) is 19.7 Å². The van der Waals surface area contributed by atoms with Gasteiger partial charge in [-0.05, 0) is 26.0 Å². The Bertz CT molecular complexity index is 737. The Hall–Kier alpha value is -1.51. The van der Waals surface area contributed by atoms with Crippen LogP contribution in [0.25, 0.3) is 0 Å². The number of halogens is 1. The molecule has 0 aliphatic heterocycles. The zero-order valence-corrected chi connectivity index (χ0v) is 13.4. The number of rotatable bonds is 5. The molecule has 1 heterocycles. The Morgan fingerprint density at radius 2 is 2.10 bits per heavy atom. The van der Waals surface area contributed by atoms with Gasteiger partial charge in [0.2, 0.25) is 10.0 Å². The molecule has 0 fully saturated rings. The first-order valence-electron chi connectivity index (χ1n) is 6.09. The summed E-state index contributed by atoms with van der Waals surface area (Å²) in [5.41, 5.74) is 0.887. The van der Waals surface area contributed by atoms with Crippen LogP contribution < -0.4 is 9.46 Å². The Morgan fingerprint density at radius 3 is 2.67 bits per heavy atom. The fraction of sp³-hybridized carbons (Fsp3) is 0.308. The van der Waals surface area contributed by atoms with E-state index in [0.717, 1.165) is 22.7 Å². The van der Waals surface area contributed by atoms with Crippen LogP contribution in [0.1, 0.15) is 15.6 Å². The lowest BCUT2D eigenvalue weighted by Gasteiger charge is -2.07. The number of thiazole rings is 1. The fourth-order valence-electron chi connectivity index (χ4n) is 1.66. The van der Waals surface area contributed by atoms with E-state index in [1.165, 1.54) is 24.5 Å². The Morgan fingerprint density at radius 1 is 1.38 bits per heavy atom. The number of sulfonamides is 1. The van der Waals surface area contributed by atoms with Gasteiger partial charge in [-0.1, -0.05) is 0 Å². The van der Waals surface area contributed by atoms with Gasteiger partial charge in [0.15, 0.2) is 11.6 Å². The zero-order valence-electron chi connectivity index (χ0n) is 11.8. The Balaban J connectivity index is 2.18. The van der Waals surface area contributed by atoms with E-state index in [0.29, 0.717) is 5.01 Å². The summed E-state index contributed by atoms with van der Waals surface area (Å²) in [7, 11) is -2.46. The van der Waals surface area contributed by atoms with E-state index in [4.69, 9.17) is 4.74 Å². The maximum absolute atomic E-state index is 13.3. The average molecular weight is 330 g/mol. The topological polar surface area (TPSA) is 68.3 Å². The van der Waals surface area contributed by atoms with E-state index in [-0.39, 0.29) is 17.2 Å². The lowest BCUT2D eigenvalue weighted by Crippen LogP contribution is -2.23. The van der Waals surface area contributed by atoms with Crippen molar-refractivity contribution >= 4 is 21.4 Å². The van der Waals surface area contributed by atoms with Crippen molar-refractivity contribution in [3.8, 4) is 5.75 Å². The summed E-state index contributed by atoms with van der Waals surface area (Å²) in [4.78, 5) is 5.26. The van der Waals surface area contributed by atoms with Crippen molar-refractivity contribution in [3.63, 3.8) is 0 Å². The molecule has 0 aliphatic carbocycles. The van der Waals surface area contributed by atoms with Gasteiger partial charge in [0.25, 0.3) is 0 Å². The molecule has 2 aromatic rings. The molecule has 21 heavy (non-hydrogen) atoms. The monoisotopic (exact) mass is 330 g/mol. The van der Waals surface area contributed by atoms with Crippen LogP contribution in [-0.4, -0.2) is 20.5 Å². The Kier molecular flexibility index (Phi) is 4.60. The van der Waals surface area contributed by atoms with Crippen molar-refractivity contribution in [3.05, 3.63) is 39.6 Å². The van der Waals surface area contributed by atoms with Crippen LogP contribution in [0.2, 0.25) is 0 Å². The third-order valence-electron chi connectivity index (χ3n) is 2.92. The third kappa shape index (κ3) is 3.58. The van der Waals surface area contributed by atoms with Gasteiger partial charge >= 0.3 is 0 Å². The highest BCUT2D eigenvalue weighted by molar-refractivity contribution is 7.89. The predicted octanol–water partition coefficient (Wildman–Crippen LogP) is 2.39. The second-order valence-corrected chi connectivity index (χ2v) is 7.42. The molecule has 0 aliphatic rings. The van der Waals surface area contributed by atoms with E-state index in [9.17, 15) is 12.8 Å². The number of methoxy groups -OCH3 is 1. The quantitative estimate of drug-likeness (QED) is 0.914. The van der Waals surface area contributed by atoms with Crippen LogP contribution in [0.3, 0.4) is 0 Å². The van der Waals surface area contributed by atoms with Gasteiger partial charge in [-0.3, -0.25) is 0 Å². The molecule has 0 spiro atoms. The minimum atomic E-state index is -3.74. The number of nitrogens with zero attached hydrogens (tertiary/aromatic N) is 1. The maximum Gasteiger partial charge on any atom is 0.241 e. The molecule has 2 rings (SSSR count). The van der Waals surface area contributed by atoms with Crippen LogP contribution in [0.4, 0.5) is 4.39 Å². The highest BCUT2D eigenvalue weighted by Crippen LogP contribution is 2.22. The maximum atomic E-state index is 13.3. The molecular formula is C13H15FN2O3S2. The number of hydrogen-bond donors (Lipinski definition) is 1. The summed E-state index contributed by atoms with van der Waals surface area (Å²) in [6.07, 6.45) is 0. The molecule has 0 saturated carbocycles. The van der Waals surface area contributed by atoms with Crippen molar-refractivity contribution in [2.24, 2.45) is 0 Å². The predicted molar refractivity (Wildman–Crippen MR) is 78.6 cm³/mol. The molecule has 1 aromatic carbocycles. The minimum Gasteiger partial charge on any atom is -0.494 e. The van der Waals surface area contributed by atoms with Gasteiger partial charge in [0.1, 0.15) is 5.01 Å². The second-order valence-electron chi connectivity index (χ2n) is 4.37. The Labute approximate surface area is 126 Å². The van der Waals surface area contributed by atoms with Gasteiger partial charge in [-0.25, -0.2) is 22.5 Å². The molecule has 0 unspecified atom stereocenters. The molecule has 0 bridgehead atoms. The summed E-state index contributed by atoms with van der Waals surface area (Å²) >= 11 is 1.44. The number of benzene rings is 1. The van der Waals surface area contributed by atoms with Crippen molar-refractivity contribution in [2.75, 3.05) is 7.11 Å². The van der Waals surface area contributed by atoms with E-state index >= 15 is 0 Å². The molecule has 5 nitrogen and oxygen atoms in total. The molecule has 0 saturated heterocycles. The molecule has 0 radical (unpaired) electrons. The van der Waals surface area contributed by atoms with Crippen molar-refractivity contribution in [1.29, 1.82) is 0 Å². The average Bonchev–Trinajstić information content (AvgIpc) is 2.76. The fourth-order valence-corrected chi connectivity index (χ4v) is 3.63. The highest BCUT2D eigenvalue weighted by atomic mass is 32.2. The molecule has 114 valence electrons. The smallest absolute Gasteiger partial charge is 0.241 e. The molecular weight excluding hydrogens is 315 g/mol. The summed E-state index contributed by atoms with van der Waals surface area (Å²) in [6, 6.07) is 3.40. The number of ether oxygens (including phenoxy) is 1. The van der Waals surface area contributed by atoms with Crippen LogP contribution >= 0.6 is 11.3 Å². The highest BCUT2D eigenvalue weighted by Gasteiger charge is 2.17. The lowest BCUT2D eigenvalue weighted by atomic mass is 10.3. The van der Waals surface area contributed by atoms with Crippen LogP contribution in [-0.2, 0) is 16.6 Å². The van der Waals surface area contributed by atoms with Crippen LogP contribution in [0.15, 0.2) is 23.1 Å². The molecule has 0 atom stereocenters. The van der Waals surface area contributed by atoms with Gasteiger partial charge in [-0.2, -0.15) is 0 Å². The van der Waals surface area contributed by atoms with Gasteiger partial charge < -0.3 is 4.74 Å². The summed E-state index contributed by atoms with van der Waals surface area (Å²) in [6.45, 7) is 3.89. The minimum absolute atomic E-state index is 0.0502. The van der Waals surface area contributed by atoms with E-state index in [1.54, 1.807) is 0 Å². The second kappa shape index (κ2) is 6.08. The van der Waals surface area contributed by atoms with Crippen molar-refractivity contribution < 1.29 is 17.5 Å². The summed E-state index contributed by atoms with van der Waals surface area (Å²) in [5.74, 6) is -0.721. The van der Waals surface area contributed by atoms with Crippen molar-refractivity contribution in [2.45, 2.75) is 25.3 Å². The first-order valence-corrected chi connectivity index (χ1v) is 8.39. The number of aromatic nitrogens is 1. The van der Waals surface area contributed by atoms with E-state index in [2.05, 4.69) is 9.71 Å². The van der Waals surface area contributed by atoms with Crippen molar-refractivity contribution in [1.82, 2.24) is 9.71 Å². The number of hydrogen-bond acceptors (Lipinski definition) is 5. The molecule has 0 amide bonds. The number of nitrogens with one attached hydrogen (secondary N) is 1. The normalized spacial score (nSPS) is 11.6. The lowest BCUT2D eigenvalue weighted by molar-refractivity contribution is 0.385. The first-order chi connectivity index (χ1) is 9.83. The van der Waals surface area contributed by atoms with Gasteiger partial charge in [-0.15, -0.1) is 11.3 Å². The van der Waals surface area contributed by atoms with Gasteiger partial charge in [0, 0.05) is 10.9 Å². The standard InChI is InChI=1S/C13H15FN2O3S2/c1-8-9(2)20-13(16-8)7-15-21(17,18)10-4-5-11(14)12(6-10)19-3/h4-6,15H,7H2,1-3H3. The third-order valence-corrected chi connectivity index (χ3v) is 5.39. The first kappa shape index (κ1) is 15.9. The zero-order chi connectivity index (χ0) is 15.6. The summed E-state index contributed by atoms with van der Waals surface area (Å²) in [5, 5.41) is 0.683.